The van der Waals surface area contributed by atoms with Crippen molar-refractivity contribution in [3.63, 3.8) is 0 Å². The minimum absolute atomic E-state index is 0.743. The monoisotopic (exact) mass is 259 g/mol. The second-order valence-electron chi connectivity index (χ2n) is 6.05. The van der Waals surface area contributed by atoms with Crippen LogP contribution in [0, 0.1) is 5.92 Å². The van der Waals surface area contributed by atoms with E-state index in [0.717, 1.165) is 38.1 Å². The number of benzene rings is 1. The van der Waals surface area contributed by atoms with Gasteiger partial charge in [-0.05, 0) is 55.3 Å². The molecule has 0 aromatic heterocycles. The molecule has 1 heterocycles. The summed E-state index contributed by atoms with van der Waals surface area (Å²) in [6.07, 6.45) is 6.65. The quantitative estimate of drug-likeness (QED) is 0.790. The first-order valence-electron chi connectivity index (χ1n) is 7.79. The van der Waals surface area contributed by atoms with Crippen LogP contribution in [0.5, 0.6) is 0 Å². The summed E-state index contributed by atoms with van der Waals surface area (Å²) >= 11 is 0. The second kappa shape index (κ2) is 6.53. The maximum atomic E-state index is 5.80. The zero-order chi connectivity index (χ0) is 12.9. The molecule has 1 N–H and O–H groups in total. The van der Waals surface area contributed by atoms with E-state index < -0.39 is 0 Å². The van der Waals surface area contributed by atoms with Gasteiger partial charge in [-0.2, -0.15) is 0 Å². The molecule has 19 heavy (non-hydrogen) atoms. The zero-order valence-electron chi connectivity index (χ0n) is 11.7. The minimum atomic E-state index is 0.743. The van der Waals surface area contributed by atoms with Crippen molar-refractivity contribution in [3.05, 3.63) is 35.4 Å². The first-order chi connectivity index (χ1) is 9.42. The fraction of sp³-hybridized carbons (Fsp3) is 0.647. The van der Waals surface area contributed by atoms with Crippen LogP contribution in [0.4, 0.5) is 0 Å². The molecule has 1 aromatic carbocycles. The van der Waals surface area contributed by atoms with Gasteiger partial charge in [0.2, 0.25) is 0 Å². The summed E-state index contributed by atoms with van der Waals surface area (Å²) in [6, 6.07) is 9.02. The summed E-state index contributed by atoms with van der Waals surface area (Å²) in [4.78, 5) is 0. The molecular formula is C17H25NO. The molecule has 2 fully saturated rings. The molecule has 0 bridgehead atoms. The number of piperidine rings is 1. The van der Waals surface area contributed by atoms with E-state index in [4.69, 9.17) is 4.74 Å². The summed E-state index contributed by atoms with van der Waals surface area (Å²) in [5.41, 5.74) is 2.84. The van der Waals surface area contributed by atoms with Crippen LogP contribution in [0.1, 0.15) is 49.1 Å². The van der Waals surface area contributed by atoms with E-state index in [1.54, 1.807) is 0 Å². The Balaban J connectivity index is 1.49. The Morgan fingerprint density at radius 1 is 1.11 bits per heavy atom. The van der Waals surface area contributed by atoms with Crippen molar-refractivity contribution >= 4 is 0 Å². The Labute approximate surface area is 116 Å². The number of hydrogen-bond acceptors (Lipinski definition) is 2. The van der Waals surface area contributed by atoms with Gasteiger partial charge in [0.25, 0.3) is 0 Å². The van der Waals surface area contributed by atoms with Crippen LogP contribution in [0.25, 0.3) is 0 Å². The minimum Gasteiger partial charge on any atom is -0.377 e. The van der Waals surface area contributed by atoms with E-state index in [1.165, 1.54) is 43.2 Å². The first-order valence-corrected chi connectivity index (χ1v) is 7.79. The van der Waals surface area contributed by atoms with Crippen LogP contribution in [0.15, 0.2) is 24.3 Å². The molecule has 1 aliphatic heterocycles. The summed E-state index contributed by atoms with van der Waals surface area (Å²) in [7, 11) is 0. The molecule has 0 unspecified atom stereocenters. The van der Waals surface area contributed by atoms with Crippen molar-refractivity contribution in [2.45, 2.75) is 44.6 Å². The third-order valence-corrected chi connectivity index (χ3v) is 4.40. The Hall–Kier alpha value is -0.860. The highest BCUT2D eigenvalue weighted by Gasteiger charge is 2.20. The van der Waals surface area contributed by atoms with E-state index in [9.17, 15) is 0 Å². The number of rotatable bonds is 6. The smallest absolute Gasteiger partial charge is 0.0716 e. The number of ether oxygens (including phenoxy) is 1. The highest BCUT2D eigenvalue weighted by molar-refractivity contribution is 5.26. The highest BCUT2D eigenvalue weighted by atomic mass is 16.5. The first kappa shape index (κ1) is 13.1. The largest absolute Gasteiger partial charge is 0.377 e. The second-order valence-corrected chi connectivity index (χ2v) is 6.05. The van der Waals surface area contributed by atoms with Crippen LogP contribution in [-0.4, -0.2) is 19.7 Å². The van der Waals surface area contributed by atoms with Crippen LogP contribution in [-0.2, 0) is 11.3 Å². The van der Waals surface area contributed by atoms with Crippen LogP contribution < -0.4 is 5.32 Å². The van der Waals surface area contributed by atoms with Gasteiger partial charge in [-0.1, -0.05) is 37.1 Å². The molecule has 2 heteroatoms. The van der Waals surface area contributed by atoms with Gasteiger partial charge in [-0.15, -0.1) is 0 Å². The predicted octanol–water partition coefficient (Wildman–Crippen LogP) is 3.47. The molecule has 1 aliphatic carbocycles. The van der Waals surface area contributed by atoms with Crippen molar-refractivity contribution in [1.29, 1.82) is 0 Å². The topological polar surface area (TPSA) is 21.3 Å². The van der Waals surface area contributed by atoms with Gasteiger partial charge in [-0.25, -0.2) is 0 Å². The number of hydrogen-bond donors (Lipinski definition) is 1. The Bertz CT molecular complexity index is 394. The number of nitrogens with one attached hydrogen (secondary N) is 1. The normalized spacial score (nSPS) is 20.6. The van der Waals surface area contributed by atoms with Gasteiger partial charge >= 0.3 is 0 Å². The van der Waals surface area contributed by atoms with Crippen molar-refractivity contribution < 1.29 is 4.74 Å². The summed E-state index contributed by atoms with van der Waals surface area (Å²) in [5.74, 6) is 1.72. The van der Waals surface area contributed by atoms with Gasteiger partial charge < -0.3 is 10.1 Å². The van der Waals surface area contributed by atoms with Gasteiger partial charge in [-0.3, -0.25) is 0 Å². The van der Waals surface area contributed by atoms with Crippen molar-refractivity contribution in [2.75, 3.05) is 19.7 Å². The molecular weight excluding hydrogens is 234 g/mol. The lowest BCUT2D eigenvalue weighted by molar-refractivity contribution is 0.115. The van der Waals surface area contributed by atoms with Gasteiger partial charge in [0.1, 0.15) is 0 Å². The molecule has 0 amide bonds. The fourth-order valence-corrected chi connectivity index (χ4v) is 2.94. The standard InChI is InChI=1S/C17H25NO/c1-2-15(13-19-11-8-14-4-5-14)12-17(3-1)16-6-9-18-10-7-16/h1-3,12,14,16,18H,4-11,13H2. The van der Waals surface area contributed by atoms with Gasteiger partial charge in [0.15, 0.2) is 0 Å². The van der Waals surface area contributed by atoms with Crippen molar-refractivity contribution in [2.24, 2.45) is 5.92 Å². The molecule has 2 nitrogen and oxygen atoms in total. The third-order valence-electron chi connectivity index (χ3n) is 4.40. The lowest BCUT2D eigenvalue weighted by atomic mass is 9.89. The third kappa shape index (κ3) is 4.05. The summed E-state index contributed by atoms with van der Waals surface area (Å²) < 4.78 is 5.80. The Kier molecular flexibility index (Phi) is 4.52. The lowest BCUT2D eigenvalue weighted by Gasteiger charge is -2.23. The fourth-order valence-electron chi connectivity index (χ4n) is 2.94. The SMILES string of the molecule is c1cc(COCCC2CC2)cc(C2CCNCC2)c1. The van der Waals surface area contributed by atoms with Crippen LogP contribution >= 0.6 is 0 Å². The Morgan fingerprint density at radius 2 is 1.95 bits per heavy atom. The van der Waals surface area contributed by atoms with E-state index in [2.05, 4.69) is 29.6 Å². The summed E-state index contributed by atoms with van der Waals surface area (Å²) in [6.45, 7) is 4.04. The van der Waals surface area contributed by atoms with Crippen molar-refractivity contribution in [1.82, 2.24) is 5.32 Å². The molecule has 104 valence electrons. The van der Waals surface area contributed by atoms with E-state index >= 15 is 0 Å². The molecule has 0 atom stereocenters. The zero-order valence-corrected chi connectivity index (χ0v) is 11.7. The molecule has 1 saturated carbocycles. The maximum Gasteiger partial charge on any atom is 0.0716 e. The van der Waals surface area contributed by atoms with Crippen molar-refractivity contribution in [3.8, 4) is 0 Å². The Morgan fingerprint density at radius 3 is 2.74 bits per heavy atom. The molecule has 0 spiro atoms. The van der Waals surface area contributed by atoms with Crippen LogP contribution in [0.2, 0.25) is 0 Å². The highest BCUT2D eigenvalue weighted by Crippen LogP contribution is 2.32. The molecule has 0 radical (unpaired) electrons. The molecule has 2 aliphatic rings. The van der Waals surface area contributed by atoms with Gasteiger partial charge in [0, 0.05) is 6.61 Å². The van der Waals surface area contributed by atoms with E-state index in [1.807, 2.05) is 0 Å². The predicted molar refractivity (Wildman–Crippen MR) is 78.3 cm³/mol. The van der Waals surface area contributed by atoms with E-state index in [-0.39, 0.29) is 0 Å². The molecule has 1 aromatic rings. The lowest BCUT2D eigenvalue weighted by Crippen LogP contribution is -2.26. The van der Waals surface area contributed by atoms with E-state index in [0.29, 0.717) is 0 Å². The maximum absolute atomic E-state index is 5.80. The molecule has 1 saturated heterocycles. The van der Waals surface area contributed by atoms with Crippen LogP contribution in [0.3, 0.4) is 0 Å². The average molecular weight is 259 g/mol. The average Bonchev–Trinajstić information content (AvgIpc) is 3.29. The van der Waals surface area contributed by atoms with Gasteiger partial charge in [0.05, 0.1) is 6.61 Å². The summed E-state index contributed by atoms with van der Waals surface area (Å²) in [5, 5.41) is 3.43. The molecule has 3 rings (SSSR count).